The smallest absolute Gasteiger partial charge is 0.349 e. The van der Waals surface area contributed by atoms with Gasteiger partial charge in [-0.1, -0.05) is 32.1 Å². The Bertz CT molecular complexity index is 1040. The number of carbonyl (C=O) groups excluding carboxylic acids is 2. The van der Waals surface area contributed by atoms with Gasteiger partial charge in [0, 0.05) is 24.5 Å². The molecule has 2 unspecified atom stereocenters. The van der Waals surface area contributed by atoms with Crippen LogP contribution in [0.15, 0.2) is 36.4 Å². The van der Waals surface area contributed by atoms with Crippen molar-refractivity contribution in [1.82, 2.24) is 10.2 Å². The third-order valence-corrected chi connectivity index (χ3v) is 9.91. The summed E-state index contributed by atoms with van der Waals surface area (Å²) in [6, 6.07) is 5.11. The minimum absolute atomic E-state index is 0.0557. The van der Waals surface area contributed by atoms with Crippen molar-refractivity contribution < 1.29 is 22.8 Å². The maximum absolute atomic E-state index is 13.5. The van der Waals surface area contributed by atoms with Crippen molar-refractivity contribution in [3.8, 4) is 0 Å². The minimum Gasteiger partial charge on any atom is -0.349 e. The molecule has 7 atom stereocenters. The fourth-order valence-electron chi connectivity index (χ4n) is 8.14. The van der Waals surface area contributed by atoms with E-state index in [1.54, 1.807) is 6.08 Å². The van der Waals surface area contributed by atoms with Gasteiger partial charge in [0.2, 0.25) is 5.91 Å². The van der Waals surface area contributed by atoms with Gasteiger partial charge < -0.3 is 10.2 Å². The first-order valence-corrected chi connectivity index (χ1v) is 12.4. The molecule has 7 heteroatoms. The van der Waals surface area contributed by atoms with Crippen LogP contribution >= 0.6 is 0 Å². The van der Waals surface area contributed by atoms with Crippen molar-refractivity contribution in [3.63, 3.8) is 0 Å². The van der Waals surface area contributed by atoms with Gasteiger partial charge in [0.1, 0.15) is 0 Å². The number of fused-ring (bicyclic) bond motifs is 5. The normalized spacial score (nSPS) is 39.3. The van der Waals surface area contributed by atoms with Crippen molar-refractivity contribution >= 4 is 11.8 Å². The Labute approximate surface area is 199 Å². The summed E-state index contributed by atoms with van der Waals surface area (Å²) in [5.41, 5.74) is -1.37. The van der Waals surface area contributed by atoms with Crippen molar-refractivity contribution in [2.45, 2.75) is 70.6 Å². The number of carbonyl (C=O) groups is 2. The molecule has 1 aromatic carbocycles. The van der Waals surface area contributed by atoms with Crippen LogP contribution < -0.4 is 5.32 Å². The van der Waals surface area contributed by atoms with E-state index in [1.165, 1.54) is 18.2 Å². The van der Waals surface area contributed by atoms with E-state index in [2.05, 4.69) is 25.2 Å². The lowest BCUT2D eigenvalue weighted by Crippen LogP contribution is -2.60. The lowest BCUT2D eigenvalue weighted by Gasteiger charge is -2.60. The zero-order chi connectivity index (χ0) is 24.5. The Balaban J connectivity index is 1.37. The van der Waals surface area contributed by atoms with Crippen LogP contribution in [0, 0.1) is 28.6 Å². The van der Waals surface area contributed by atoms with Crippen molar-refractivity contribution in [3.05, 3.63) is 47.5 Å². The van der Waals surface area contributed by atoms with E-state index in [1.807, 2.05) is 11.9 Å². The van der Waals surface area contributed by atoms with Crippen LogP contribution in [0.4, 0.5) is 13.2 Å². The average molecular weight is 475 g/mol. The summed E-state index contributed by atoms with van der Waals surface area (Å²) in [6.07, 6.45) is 5.01. The topological polar surface area (TPSA) is 49.4 Å². The van der Waals surface area contributed by atoms with Crippen molar-refractivity contribution in [2.75, 3.05) is 7.05 Å². The van der Waals surface area contributed by atoms with Gasteiger partial charge in [-0.2, -0.15) is 13.2 Å². The second-order valence-electron chi connectivity index (χ2n) is 11.3. The number of halogens is 3. The fraction of sp³-hybridized carbons (Fsp3) is 0.630. The molecule has 1 heterocycles. The maximum Gasteiger partial charge on any atom is 0.417 e. The van der Waals surface area contributed by atoms with Crippen molar-refractivity contribution in [2.24, 2.45) is 28.6 Å². The number of amides is 2. The fourth-order valence-corrected chi connectivity index (χ4v) is 8.14. The van der Waals surface area contributed by atoms with Crippen LogP contribution in [-0.4, -0.2) is 35.8 Å². The Morgan fingerprint density at radius 1 is 1.06 bits per heavy atom. The second kappa shape index (κ2) is 7.85. The van der Waals surface area contributed by atoms with Crippen LogP contribution in [-0.2, 0) is 11.0 Å². The minimum atomic E-state index is -4.57. The first-order valence-electron chi connectivity index (χ1n) is 12.4. The molecule has 1 N–H and O–H groups in total. The molecule has 0 spiro atoms. The molecule has 4 nitrogen and oxygen atoms in total. The number of nitrogens with zero attached hydrogens (tertiary/aromatic N) is 1. The summed E-state index contributed by atoms with van der Waals surface area (Å²) in [4.78, 5) is 27.2. The van der Waals surface area contributed by atoms with Crippen LogP contribution in [0.2, 0.25) is 0 Å². The van der Waals surface area contributed by atoms with E-state index < -0.39 is 17.6 Å². The number of rotatable bonds is 2. The molecule has 1 aliphatic heterocycles. The Morgan fingerprint density at radius 2 is 1.79 bits per heavy atom. The third-order valence-electron chi connectivity index (χ3n) is 9.91. The summed E-state index contributed by atoms with van der Waals surface area (Å²) in [5.74, 6) is 0.827. The summed E-state index contributed by atoms with van der Waals surface area (Å²) in [6.45, 7) is 4.52. The van der Waals surface area contributed by atoms with Gasteiger partial charge in [-0.3, -0.25) is 9.59 Å². The van der Waals surface area contributed by atoms with E-state index in [4.69, 9.17) is 0 Å². The molecule has 184 valence electrons. The van der Waals surface area contributed by atoms with Crippen molar-refractivity contribution in [1.29, 1.82) is 0 Å². The van der Waals surface area contributed by atoms with Gasteiger partial charge in [0.05, 0.1) is 11.1 Å². The number of hydrogen-bond acceptors (Lipinski definition) is 2. The summed E-state index contributed by atoms with van der Waals surface area (Å²) < 4.78 is 40.4. The predicted molar refractivity (Wildman–Crippen MR) is 123 cm³/mol. The molecule has 3 fully saturated rings. The SMILES string of the molecule is CN1C(=O)C=C[C@@]2(C)C1CC[C@@H]1[C@H]2CC[C@]2(C)C(NC(=O)c3ccccc3C(F)(F)F)CC[C@@H]12. The predicted octanol–water partition coefficient (Wildman–Crippen LogP) is 5.44. The van der Waals surface area contributed by atoms with E-state index in [0.717, 1.165) is 44.6 Å². The van der Waals surface area contributed by atoms with Gasteiger partial charge in [-0.05, 0) is 79.9 Å². The highest BCUT2D eigenvalue weighted by molar-refractivity contribution is 5.96. The molecular weight excluding hydrogens is 441 g/mol. The summed E-state index contributed by atoms with van der Waals surface area (Å²) >= 11 is 0. The molecule has 0 aromatic heterocycles. The molecule has 34 heavy (non-hydrogen) atoms. The Morgan fingerprint density at radius 3 is 2.53 bits per heavy atom. The first kappa shape index (κ1) is 23.4. The highest BCUT2D eigenvalue weighted by Crippen LogP contribution is 2.64. The Kier molecular flexibility index (Phi) is 5.41. The van der Waals surface area contributed by atoms with Crippen LogP contribution in [0.3, 0.4) is 0 Å². The lowest BCUT2D eigenvalue weighted by atomic mass is 9.48. The van der Waals surface area contributed by atoms with Gasteiger partial charge in [-0.25, -0.2) is 0 Å². The third kappa shape index (κ3) is 3.41. The summed E-state index contributed by atoms with van der Waals surface area (Å²) in [5, 5.41) is 3.02. The monoisotopic (exact) mass is 474 g/mol. The molecule has 3 aliphatic carbocycles. The molecular formula is C27H33F3N2O2. The largest absolute Gasteiger partial charge is 0.417 e. The van der Waals surface area contributed by atoms with Crippen LogP contribution in [0.1, 0.15) is 68.3 Å². The molecule has 5 rings (SSSR count). The summed E-state index contributed by atoms with van der Waals surface area (Å²) in [7, 11) is 1.90. The molecule has 0 saturated heterocycles. The maximum atomic E-state index is 13.5. The van der Waals surface area contributed by atoms with Crippen LogP contribution in [0.5, 0.6) is 0 Å². The molecule has 3 saturated carbocycles. The van der Waals surface area contributed by atoms with E-state index in [-0.39, 0.29) is 34.4 Å². The zero-order valence-corrected chi connectivity index (χ0v) is 20.0. The van der Waals surface area contributed by atoms with E-state index in [0.29, 0.717) is 17.8 Å². The zero-order valence-electron chi connectivity index (χ0n) is 20.0. The number of alkyl halides is 3. The number of likely N-dealkylation sites (N-methyl/N-ethyl adjacent to an activating group) is 1. The van der Waals surface area contributed by atoms with Crippen LogP contribution in [0.25, 0.3) is 0 Å². The van der Waals surface area contributed by atoms with E-state index >= 15 is 0 Å². The standard InChI is InChI=1S/C27H33F3N2O2/c1-25-14-12-19-16(8-11-22-26(19,2)15-13-23(33)32(22)3)18(25)9-10-21(25)31-24(34)17-6-4-5-7-20(17)27(28,29)30/h4-7,13,15-16,18-19,21-22H,8-12,14H2,1-3H3,(H,31,34)/t16-,18-,19+,21?,22?,25-,26+/m0/s1. The molecule has 0 radical (unpaired) electrons. The van der Waals surface area contributed by atoms with E-state index in [9.17, 15) is 22.8 Å². The average Bonchev–Trinajstić information content (AvgIpc) is 3.12. The highest BCUT2D eigenvalue weighted by Gasteiger charge is 2.60. The van der Waals surface area contributed by atoms with Gasteiger partial charge in [-0.15, -0.1) is 0 Å². The molecule has 4 aliphatic rings. The quantitative estimate of drug-likeness (QED) is 0.620. The lowest BCUT2D eigenvalue weighted by molar-refractivity contribution is -0.139. The van der Waals surface area contributed by atoms with Gasteiger partial charge >= 0.3 is 6.18 Å². The molecule has 0 bridgehead atoms. The molecule has 1 aromatic rings. The first-order chi connectivity index (χ1) is 16.0. The second-order valence-corrected chi connectivity index (χ2v) is 11.3. The number of benzene rings is 1. The number of nitrogens with one attached hydrogen (secondary N) is 1. The highest BCUT2D eigenvalue weighted by atomic mass is 19.4. The number of hydrogen-bond donors (Lipinski definition) is 1. The Hall–Kier alpha value is -2.31. The van der Waals surface area contributed by atoms with Gasteiger partial charge in [0.25, 0.3) is 5.91 Å². The molecule has 2 amide bonds. The van der Waals surface area contributed by atoms with Gasteiger partial charge in [0.15, 0.2) is 0 Å².